The van der Waals surface area contributed by atoms with Gasteiger partial charge in [0.05, 0.1) is 23.8 Å². The van der Waals surface area contributed by atoms with Crippen molar-refractivity contribution in [2.45, 2.75) is 19.9 Å². The molecule has 160 valence electrons. The Hall–Kier alpha value is -4.07. The maximum atomic E-state index is 14.8. The fourth-order valence-electron chi connectivity index (χ4n) is 4.21. The van der Waals surface area contributed by atoms with Crippen molar-refractivity contribution >= 4 is 39.1 Å². The van der Waals surface area contributed by atoms with Crippen LogP contribution in [0.4, 0.5) is 8.78 Å². The number of Topliss-reactive ketones (excluding diaryl/α,β-unsaturated/α-hetero) is 1. The van der Waals surface area contributed by atoms with Gasteiger partial charge >= 0.3 is 5.97 Å². The zero-order valence-corrected chi connectivity index (χ0v) is 16.9. The molecular formula is C24H17F2N3O3. The zero-order chi connectivity index (χ0) is 22.6. The minimum atomic E-state index is -1.29. The van der Waals surface area contributed by atoms with Gasteiger partial charge in [0, 0.05) is 33.9 Å². The lowest BCUT2D eigenvalue weighted by Gasteiger charge is -2.12. The van der Waals surface area contributed by atoms with E-state index >= 15 is 0 Å². The standard InChI is InChI=1S/C24H17F2N3O3/c1-12-6-16-20(9-17(12)25)29(11-14-7-13-10-27-28-19(13)8-18(14)26)23(24(31)32)22(16)15-4-2-3-5-21(15)30/h2-4,6-10H,5,11H2,1H3,(H,27,28)(H,31,32). The van der Waals surface area contributed by atoms with Crippen molar-refractivity contribution in [1.82, 2.24) is 14.8 Å². The predicted octanol–water partition coefficient (Wildman–Crippen LogP) is 4.76. The summed E-state index contributed by atoms with van der Waals surface area (Å²) in [6.45, 7) is 1.41. The normalized spacial score (nSPS) is 13.8. The van der Waals surface area contributed by atoms with Gasteiger partial charge in [0.15, 0.2) is 5.78 Å². The van der Waals surface area contributed by atoms with Crippen LogP contribution in [0.3, 0.4) is 0 Å². The summed E-state index contributed by atoms with van der Waals surface area (Å²) in [6.07, 6.45) is 6.62. The highest BCUT2D eigenvalue weighted by atomic mass is 19.1. The molecule has 32 heavy (non-hydrogen) atoms. The van der Waals surface area contributed by atoms with Gasteiger partial charge in [-0.25, -0.2) is 13.6 Å². The van der Waals surface area contributed by atoms with Crippen LogP contribution >= 0.6 is 0 Å². The Morgan fingerprint density at radius 2 is 2.03 bits per heavy atom. The molecule has 4 aromatic rings. The first kappa shape index (κ1) is 19.9. The summed E-state index contributed by atoms with van der Waals surface area (Å²) in [7, 11) is 0. The number of nitrogens with one attached hydrogen (secondary N) is 1. The summed E-state index contributed by atoms with van der Waals surface area (Å²) in [4.78, 5) is 25.0. The number of halogens is 2. The molecule has 6 nitrogen and oxygen atoms in total. The number of nitrogens with zero attached hydrogens (tertiary/aromatic N) is 2. The fraction of sp³-hybridized carbons (Fsp3) is 0.125. The molecule has 1 aliphatic rings. The first-order chi connectivity index (χ1) is 15.3. The van der Waals surface area contributed by atoms with E-state index in [0.29, 0.717) is 21.9 Å². The van der Waals surface area contributed by atoms with Gasteiger partial charge in [-0.3, -0.25) is 9.89 Å². The van der Waals surface area contributed by atoms with Crippen LogP contribution in [0.25, 0.3) is 27.4 Å². The van der Waals surface area contributed by atoms with Crippen LogP contribution in [-0.4, -0.2) is 31.6 Å². The van der Waals surface area contributed by atoms with Crippen molar-refractivity contribution in [3.63, 3.8) is 0 Å². The zero-order valence-electron chi connectivity index (χ0n) is 16.9. The summed E-state index contributed by atoms with van der Waals surface area (Å²) in [6, 6.07) is 5.63. The largest absolute Gasteiger partial charge is 0.477 e. The van der Waals surface area contributed by atoms with E-state index in [2.05, 4.69) is 10.2 Å². The van der Waals surface area contributed by atoms with Crippen molar-refractivity contribution in [2.75, 3.05) is 0 Å². The Morgan fingerprint density at radius 3 is 2.78 bits per heavy atom. The Bertz CT molecular complexity index is 1510. The minimum absolute atomic E-state index is 0.142. The van der Waals surface area contributed by atoms with Gasteiger partial charge in [0.2, 0.25) is 0 Å². The number of aromatic carboxylic acids is 1. The first-order valence-corrected chi connectivity index (χ1v) is 9.92. The number of aryl methyl sites for hydroxylation is 1. The van der Waals surface area contributed by atoms with E-state index in [4.69, 9.17) is 0 Å². The molecule has 0 saturated heterocycles. The maximum absolute atomic E-state index is 14.8. The molecule has 1 aliphatic carbocycles. The van der Waals surface area contributed by atoms with Gasteiger partial charge < -0.3 is 9.67 Å². The van der Waals surface area contributed by atoms with Crippen LogP contribution in [0.5, 0.6) is 0 Å². The number of allylic oxidation sites excluding steroid dienone is 4. The van der Waals surface area contributed by atoms with Crippen LogP contribution in [0.1, 0.15) is 33.6 Å². The Morgan fingerprint density at radius 1 is 1.22 bits per heavy atom. The molecule has 0 radical (unpaired) electrons. The molecule has 0 saturated carbocycles. The summed E-state index contributed by atoms with van der Waals surface area (Å²) >= 11 is 0. The number of fused-ring (bicyclic) bond motifs is 2. The number of aromatic nitrogens is 3. The Balaban J connectivity index is 1.82. The van der Waals surface area contributed by atoms with Crippen molar-refractivity contribution < 1.29 is 23.5 Å². The molecule has 0 atom stereocenters. The average molecular weight is 433 g/mol. The number of hydrogen-bond donors (Lipinski definition) is 2. The monoisotopic (exact) mass is 433 g/mol. The average Bonchev–Trinajstić information content (AvgIpc) is 3.31. The number of carboxylic acids is 1. The summed E-state index contributed by atoms with van der Waals surface area (Å²) in [5, 5.41) is 17.8. The second-order valence-corrected chi connectivity index (χ2v) is 7.77. The fourth-order valence-corrected chi connectivity index (χ4v) is 4.21. The highest BCUT2D eigenvalue weighted by Crippen LogP contribution is 2.36. The van der Waals surface area contributed by atoms with Gasteiger partial charge in [-0.15, -0.1) is 0 Å². The van der Waals surface area contributed by atoms with Crippen LogP contribution in [0.2, 0.25) is 0 Å². The highest BCUT2D eigenvalue weighted by molar-refractivity contribution is 6.27. The number of benzene rings is 2. The van der Waals surface area contributed by atoms with E-state index in [9.17, 15) is 23.5 Å². The third kappa shape index (κ3) is 3.03. The van der Waals surface area contributed by atoms with Crippen LogP contribution in [-0.2, 0) is 11.3 Å². The molecule has 2 aromatic carbocycles. The maximum Gasteiger partial charge on any atom is 0.353 e. The Kier molecular flexibility index (Phi) is 4.51. The molecule has 0 aliphatic heterocycles. The molecule has 2 N–H and O–H groups in total. The van der Waals surface area contributed by atoms with Crippen molar-refractivity contribution in [2.24, 2.45) is 0 Å². The van der Waals surface area contributed by atoms with Gasteiger partial charge in [-0.05, 0) is 36.8 Å². The number of carbonyl (C=O) groups excluding carboxylic acids is 1. The van der Waals surface area contributed by atoms with E-state index in [1.54, 1.807) is 31.2 Å². The molecule has 0 spiro atoms. The topological polar surface area (TPSA) is 88.0 Å². The van der Waals surface area contributed by atoms with E-state index in [-0.39, 0.29) is 46.7 Å². The van der Waals surface area contributed by atoms with Crippen molar-refractivity contribution in [3.05, 3.63) is 82.7 Å². The minimum Gasteiger partial charge on any atom is -0.477 e. The molecule has 8 heteroatoms. The number of ketones is 1. The lowest BCUT2D eigenvalue weighted by molar-refractivity contribution is -0.113. The quantitative estimate of drug-likeness (QED) is 0.486. The molecule has 0 amide bonds. The van der Waals surface area contributed by atoms with E-state index in [0.717, 1.165) is 0 Å². The summed E-state index contributed by atoms with van der Waals surface area (Å²) < 4.78 is 30.7. The number of carboxylic acid groups (broad SMARTS) is 1. The van der Waals surface area contributed by atoms with Gasteiger partial charge in [0.25, 0.3) is 0 Å². The smallest absolute Gasteiger partial charge is 0.353 e. The lowest BCUT2D eigenvalue weighted by atomic mass is 9.93. The summed E-state index contributed by atoms with van der Waals surface area (Å²) in [5.41, 5.74) is 1.59. The molecule has 0 unspecified atom stereocenters. The Labute approximate surface area is 180 Å². The summed E-state index contributed by atoms with van der Waals surface area (Å²) in [5.74, 6) is -2.59. The number of H-pyrrole nitrogens is 1. The van der Waals surface area contributed by atoms with Crippen molar-refractivity contribution in [3.8, 4) is 0 Å². The number of carbonyl (C=O) groups is 2. The SMILES string of the molecule is Cc1cc2c(C3=CC=CCC3=O)c(C(=O)O)n(Cc3cc4cn[nH]c4cc3F)c2cc1F. The van der Waals surface area contributed by atoms with E-state index in [1.807, 2.05) is 0 Å². The second-order valence-electron chi connectivity index (χ2n) is 7.77. The third-order valence-electron chi connectivity index (χ3n) is 5.75. The number of hydrogen-bond acceptors (Lipinski definition) is 3. The highest BCUT2D eigenvalue weighted by Gasteiger charge is 2.29. The molecule has 2 heterocycles. The molecule has 0 bridgehead atoms. The van der Waals surface area contributed by atoms with E-state index in [1.165, 1.54) is 29.0 Å². The third-order valence-corrected chi connectivity index (χ3v) is 5.75. The first-order valence-electron chi connectivity index (χ1n) is 9.92. The molecule has 2 aromatic heterocycles. The number of aromatic amines is 1. The van der Waals surface area contributed by atoms with E-state index < -0.39 is 17.6 Å². The molecular weight excluding hydrogens is 416 g/mol. The van der Waals surface area contributed by atoms with Gasteiger partial charge in [0.1, 0.15) is 17.3 Å². The lowest BCUT2D eigenvalue weighted by Crippen LogP contribution is -2.14. The van der Waals surface area contributed by atoms with Crippen LogP contribution in [0, 0.1) is 18.6 Å². The number of rotatable bonds is 4. The second kappa shape index (κ2) is 7.26. The van der Waals surface area contributed by atoms with Gasteiger partial charge in [-0.1, -0.05) is 18.2 Å². The predicted molar refractivity (Wildman–Crippen MR) is 115 cm³/mol. The molecule has 5 rings (SSSR count). The van der Waals surface area contributed by atoms with Crippen LogP contribution in [0.15, 0.2) is 48.7 Å². The van der Waals surface area contributed by atoms with Crippen LogP contribution < -0.4 is 0 Å². The van der Waals surface area contributed by atoms with Gasteiger partial charge in [-0.2, -0.15) is 5.10 Å². The molecule has 0 fully saturated rings. The van der Waals surface area contributed by atoms with Crippen molar-refractivity contribution in [1.29, 1.82) is 0 Å².